The molecule has 1 aliphatic rings. The Morgan fingerprint density at radius 3 is 1.44 bits per heavy atom. The van der Waals surface area contributed by atoms with Gasteiger partial charge in [-0.3, -0.25) is 9.36 Å². The first kappa shape index (κ1) is 43.8. The highest BCUT2D eigenvalue weighted by Gasteiger charge is 2.36. The smallest absolute Gasteiger partial charge is 0.238 e. The number of aromatic nitrogens is 5. The van der Waals surface area contributed by atoms with E-state index in [1.54, 1.807) is 0 Å². The minimum absolute atomic E-state index is 0.00368. The molecular formula is C67H46N6O2. The first-order chi connectivity index (χ1) is 36.9. The number of para-hydroxylation sites is 6. The summed E-state index contributed by atoms with van der Waals surface area (Å²) in [6.07, 6.45) is 0. The fourth-order valence-electron chi connectivity index (χ4n) is 11.3. The zero-order valence-electron chi connectivity index (χ0n) is 41.1. The Hall–Kier alpha value is -9.92. The molecule has 0 spiro atoms. The van der Waals surface area contributed by atoms with Gasteiger partial charge in [0.15, 0.2) is 11.6 Å². The molecule has 5 heterocycles. The lowest BCUT2D eigenvalue weighted by atomic mass is 9.73. The van der Waals surface area contributed by atoms with Gasteiger partial charge < -0.3 is 13.9 Å². The third-order valence-corrected chi connectivity index (χ3v) is 14.8. The predicted octanol–water partition coefficient (Wildman–Crippen LogP) is 16.5. The SMILES string of the molecule is CC1(C)c2ccccc2N(c2ccc3c(=O)c4ccccc4oc3c2)c2ccccc21.c1ccc(-c2nc(-c3ccccc3)nc(-n3c4ccccc4c4ccc5c6ccccc6n(-c6ccccc6)c5c43)n2)cc1. The molecule has 14 aromatic rings. The zero-order valence-corrected chi connectivity index (χ0v) is 41.1. The fraction of sp³-hybridized carbons (Fsp3) is 0.0448. The summed E-state index contributed by atoms with van der Waals surface area (Å²) in [5.74, 6) is 1.86. The van der Waals surface area contributed by atoms with Gasteiger partial charge in [-0.2, -0.15) is 9.97 Å². The molecule has 4 aromatic heterocycles. The van der Waals surface area contributed by atoms with Crippen LogP contribution in [0.15, 0.2) is 252 Å². The van der Waals surface area contributed by atoms with E-state index >= 15 is 0 Å². The second-order valence-corrected chi connectivity index (χ2v) is 19.5. The number of nitrogens with zero attached hydrogens (tertiary/aromatic N) is 6. The maximum atomic E-state index is 13.0. The van der Waals surface area contributed by atoms with Crippen molar-refractivity contribution in [2.45, 2.75) is 19.3 Å². The molecule has 15 rings (SSSR count). The number of benzene rings is 10. The molecule has 10 aromatic carbocycles. The molecule has 8 nitrogen and oxygen atoms in total. The second-order valence-electron chi connectivity index (χ2n) is 19.5. The molecule has 0 atom stereocenters. The number of anilines is 3. The normalized spacial score (nSPS) is 12.8. The molecule has 0 amide bonds. The van der Waals surface area contributed by atoms with E-state index in [-0.39, 0.29) is 10.8 Å². The number of rotatable bonds is 5. The van der Waals surface area contributed by atoms with E-state index in [2.05, 4.69) is 167 Å². The first-order valence-corrected chi connectivity index (χ1v) is 25.2. The molecule has 0 N–H and O–H groups in total. The minimum atomic E-state index is -0.108. The summed E-state index contributed by atoms with van der Waals surface area (Å²) in [7, 11) is 0. The number of hydrogen-bond acceptors (Lipinski definition) is 6. The highest BCUT2D eigenvalue weighted by molar-refractivity contribution is 6.23. The van der Waals surface area contributed by atoms with Crippen molar-refractivity contribution < 1.29 is 4.42 Å². The van der Waals surface area contributed by atoms with Gasteiger partial charge >= 0.3 is 0 Å². The minimum Gasteiger partial charge on any atom is -0.456 e. The highest BCUT2D eigenvalue weighted by atomic mass is 16.3. The Kier molecular flexibility index (Phi) is 10.2. The van der Waals surface area contributed by atoms with Crippen molar-refractivity contribution in [2.24, 2.45) is 0 Å². The third-order valence-electron chi connectivity index (χ3n) is 14.8. The molecule has 8 heteroatoms. The van der Waals surface area contributed by atoms with E-state index in [9.17, 15) is 4.79 Å². The Bertz CT molecular complexity index is 4490. The lowest BCUT2D eigenvalue weighted by Crippen LogP contribution is -2.30. The number of fused-ring (bicyclic) bond motifs is 11. The van der Waals surface area contributed by atoms with E-state index in [4.69, 9.17) is 19.4 Å². The van der Waals surface area contributed by atoms with Crippen molar-refractivity contribution in [3.8, 4) is 34.4 Å². The molecule has 0 radical (unpaired) electrons. The van der Waals surface area contributed by atoms with Gasteiger partial charge in [-0.15, -0.1) is 0 Å². The van der Waals surface area contributed by atoms with Crippen molar-refractivity contribution in [1.29, 1.82) is 0 Å². The van der Waals surface area contributed by atoms with Gasteiger partial charge in [-0.05, 0) is 71.8 Å². The molecule has 1 aliphatic heterocycles. The monoisotopic (exact) mass is 966 g/mol. The van der Waals surface area contributed by atoms with E-state index in [0.717, 1.165) is 66.7 Å². The molecule has 0 saturated heterocycles. The van der Waals surface area contributed by atoms with Gasteiger partial charge in [0, 0.05) is 55.5 Å². The van der Waals surface area contributed by atoms with Crippen LogP contribution in [0, 0.1) is 0 Å². The van der Waals surface area contributed by atoms with Crippen molar-refractivity contribution in [2.75, 3.05) is 4.90 Å². The maximum Gasteiger partial charge on any atom is 0.238 e. The molecule has 75 heavy (non-hydrogen) atoms. The van der Waals surface area contributed by atoms with Gasteiger partial charge in [0.2, 0.25) is 11.4 Å². The van der Waals surface area contributed by atoms with Crippen LogP contribution < -0.4 is 10.3 Å². The third kappa shape index (κ3) is 7.06. The van der Waals surface area contributed by atoms with Gasteiger partial charge in [-0.1, -0.05) is 190 Å². The Balaban J connectivity index is 0.000000146. The quantitative estimate of drug-likeness (QED) is 0.160. The average molecular weight is 967 g/mol. The lowest BCUT2D eigenvalue weighted by molar-refractivity contribution is 0.631. The van der Waals surface area contributed by atoms with Crippen LogP contribution in [-0.2, 0) is 5.41 Å². The van der Waals surface area contributed by atoms with Crippen LogP contribution in [0.4, 0.5) is 17.1 Å². The summed E-state index contributed by atoms with van der Waals surface area (Å²) in [4.78, 5) is 30.6. The summed E-state index contributed by atoms with van der Waals surface area (Å²) in [5.41, 5.74) is 14.3. The van der Waals surface area contributed by atoms with Crippen LogP contribution in [0.2, 0.25) is 0 Å². The standard InChI is InChI=1S/C39H25N5.C28H21NO2/c1-4-14-26(15-5-1)37-40-38(27-16-6-2-7-17-27)42-39(41-37)44-34-23-13-11-21-30(34)32-25-24-31-29-20-10-12-22-33(29)43(35(31)36(32)44)28-18-8-3-9-19-28;1-28(2)21-10-4-6-12-23(21)29(24-13-7-5-11-22(24)28)18-15-16-20-26(17-18)31-25-14-8-3-9-19(25)27(20)30/h1-25H;3-17H,1-2H3. The van der Waals surface area contributed by atoms with Crippen LogP contribution in [0.25, 0.3) is 100.0 Å². The van der Waals surface area contributed by atoms with Crippen molar-refractivity contribution in [3.63, 3.8) is 0 Å². The van der Waals surface area contributed by atoms with Crippen LogP contribution in [0.1, 0.15) is 25.0 Å². The Morgan fingerprint density at radius 1 is 0.387 bits per heavy atom. The van der Waals surface area contributed by atoms with E-state index in [1.165, 1.54) is 21.9 Å². The summed E-state index contributed by atoms with van der Waals surface area (Å²) < 4.78 is 10.8. The summed E-state index contributed by atoms with van der Waals surface area (Å²) in [5, 5.41) is 5.89. The molecule has 0 aliphatic carbocycles. The number of hydrogen-bond donors (Lipinski definition) is 0. The van der Waals surface area contributed by atoms with Gasteiger partial charge in [0.25, 0.3) is 0 Å². The van der Waals surface area contributed by atoms with Crippen LogP contribution in [0.3, 0.4) is 0 Å². The molecule has 0 bridgehead atoms. The zero-order chi connectivity index (χ0) is 50.2. The highest BCUT2D eigenvalue weighted by Crippen LogP contribution is 2.52. The van der Waals surface area contributed by atoms with Crippen LogP contribution in [0.5, 0.6) is 0 Å². The van der Waals surface area contributed by atoms with Crippen LogP contribution in [-0.4, -0.2) is 24.1 Å². The molecular weight excluding hydrogens is 921 g/mol. The summed E-state index contributed by atoms with van der Waals surface area (Å²) >= 11 is 0. The molecule has 356 valence electrons. The Morgan fingerprint density at radius 2 is 0.840 bits per heavy atom. The topological polar surface area (TPSA) is 82.0 Å². The molecule has 0 fully saturated rings. The maximum absolute atomic E-state index is 13.0. The second kappa shape index (κ2) is 17.4. The van der Waals surface area contributed by atoms with Crippen molar-refractivity contribution >= 4 is 82.6 Å². The summed E-state index contributed by atoms with van der Waals surface area (Å²) in [6, 6.07) is 82.9. The van der Waals surface area contributed by atoms with Gasteiger partial charge in [-0.25, -0.2) is 4.98 Å². The van der Waals surface area contributed by atoms with E-state index in [0.29, 0.717) is 39.5 Å². The largest absolute Gasteiger partial charge is 0.456 e. The first-order valence-electron chi connectivity index (χ1n) is 25.2. The Labute approximate surface area is 431 Å². The molecule has 0 saturated carbocycles. The predicted molar refractivity (Wildman–Crippen MR) is 306 cm³/mol. The lowest BCUT2D eigenvalue weighted by Gasteiger charge is -2.42. The van der Waals surface area contributed by atoms with Crippen LogP contribution >= 0.6 is 0 Å². The van der Waals surface area contributed by atoms with E-state index < -0.39 is 0 Å². The fourth-order valence-corrected chi connectivity index (χ4v) is 11.3. The van der Waals surface area contributed by atoms with Gasteiger partial charge in [0.05, 0.1) is 44.2 Å². The summed E-state index contributed by atoms with van der Waals surface area (Å²) in [6.45, 7) is 4.54. The average Bonchev–Trinajstić information content (AvgIpc) is 4.11. The molecule has 0 unspecified atom stereocenters. The van der Waals surface area contributed by atoms with E-state index in [1.807, 2.05) is 103 Å². The van der Waals surface area contributed by atoms with Crippen molar-refractivity contribution in [1.82, 2.24) is 24.1 Å². The van der Waals surface area contributed by atoms with Crippen molar-refractivity contribution in [3.05, 3.63) is 264 Å². The van der Waals surface area contributed by atoms with Gasteiger partial charge in [0.1, 0.15) is 11.2 Å².